The fourth-order valence-corrected chi connectivity index (χ4v) is 4.13. The summed E-state index contributed by atoms with van der Waals surface area (Å²) in [5, 5.41) is 21.7. The first kappa shape index (κ1) is 20.6. The molecule has 1 saturated carbocycles. The highest BCUT2D eigenvalue weighted by molar-refractivity contribution is 6.30. The number of hydrogen-bond donors (Lipinski definition) is 2. The Balaban J connectivity index is 1.84. The lowest BCUT2D eigenvalue weighted by atomic mass is 9.71. The van der Waals surface area contributed by atoms with Crippen molar-refractivity contribution in [3.8, 4) is 11.5 Å². The Morgan fingerprint density at radius 3 is 2.75 bits per heavy atom. The second-order valence-electron chi connectivity index (χ2n) is 7.71. The van der Waals surface area contributed by atoms with Crippen LogP contribution in [-0.2, 0) is 5.60 Å². The number of esters is 1. The molecule has 3 rings (SSSR count). The quantitative estimate of drug-likeness (QED) is 0.578. The zero-order chi connectivity index (χ0) is 20.3. The molecule has 2 N–H and O–H groups in total. The number of aliphatic hydroxyl groups is 1. The van der Waals surface area contributed by atoms with Gasteiger partial charge in [-0.3, -0.25) is 0 Å². The van der Waals surface area contributed by atoms with Crippen LogP contribution in [0.3, 0.4) is 0 Å². The number of phenols is 1. The first-order valence-corrected chi connectivity index (χ1v) is 9.86. The smallest absolute Gasteiger partial charge is 0.347 e. The SMILES string of the molecule is CN(C)C[C@H]1CCCC[C@]1(O)c1cccc(OC(=O)c2ccc(Cl)cc2O)c1. The summed E-state index contributed by atoms with van der Waals surface area (Å²) in [4.78, 5) is 14.5. The minimum atomic E-state index is -0.951. The average molecular weight is 404 g/mol. The lowest BCUT2D eigenvalue weighted by molar-refractivity contribution is -0.0619. The number of benzene rings is 2. The first-order chi connectivity index (χ1) is 13.3. The van der Waals surface area contributed by atoms with E-state index in [9.17, 15) is 15.0 Å². The molecule has 0 bridgehead atoms. The zero-order valence-corrected chi connectivity index (χ0v) is 16.9. The molecular weight excluding hydrogens is 378 g/mol. The Bertz CT molecular complexity index is 854. The van der Waals surface area contributed by atoms with Gasteiger partial charge in [-0.2, -0.15) is 0 Å². The molecule has 1 aliphatic rings. The van der Waals surface area contributed by atoms with Crippen molar-refractivity contribution in [2.75, 3.05) is 20.6 Å². The van der Waals surface area contributed by atoms with Crippen molar-refractivity contribution in [1.29, 1.82) is 0 Å². The van der Waals surface area contributed by atoms with Gasteiger partial charge in [0, 0.05) is 17.5 Å². The predicted molar refractivity (Wildman–Crippen MR) is 109 cm³/mol. The van der Waals surface area contributed by atoms with E-state index in [1.54, 1.807) is 18.2 Å². The highest BCUT2D eigenvalue weighted by atomic mass is 35.5. The van der Waals surface area contributed by atoms with Crippen LogP contribution < -0.4 is 4.74 Å². The van der Waals surface area contributed by atoms with Gasteiger partial charge in [0.05, 0.1) is 5.60 Å². The summed E-state index contributed by atoms with van der Waals surface area (Å²) in [5.74, 6) is -0.459. The fraction of sp³-hybridized carbons (Fsp3) is 0.409. The van der Waals surface area contributed by atoms with Crippen LogP contribution in [0.4, 0.5) is 0 Å². The lowest BCUT2D eigenvalue weighted by Crippen LogP contribution is -2.43. The monoisotopic (exact) mass is 403 g/mol. The molecule has 1 aliphatic carbocycles. The first-order valence-electron chi connectivity index (χ1n) is 9.48. The molecule has 0 saturated heterocycles. The summed E-state index contributed by atoms with van der Waals surface area (Å²) in [6.07, 6.45) is 3.70. The minimum Gasteiger partial charge on any atom is -0.507 e. The number of phenolic OH excluding ortho intramolecular Hbond substituents is 1. The molecule has 0 aliphatic heterocycles. The molecule has 0 radical (unpaired) electrons. The van der Waals surface area contributed by atoms with Crippen molar-refractivity contribution in [2.45, 2.75) is 31.3 Å². The highest BCUT2D eigenvalue weighted by Crippen LogP contribution is 2.42. The van der Waals surface area contributed by atoms with Gasteiger partial charge in [-0.25, -0.2) is 4.79 Å². The summed E-state index contributed by atoms with van der Waals surface area (Å²) in [6.45, 7) is 0.791. The molecule has 1 fully saturated rings. The van der Waals surface area contributed by atoms with Gasteiger partial charge in [-0.05, 0) is 62.8 Å². The normalized spacial score (nSPS) is 22.2. The molecule has 2 aromatic rings. The molecule has 0 amide bonds. The van der Waals surface area contributed by atoms with Crippen molar-refractivity contribution in [2.24, 2.45) is 5.92 Å². The van der Waals surface area contributed by atoms with E-state index in [0.717, 1.165) is 31.4 Å². The lowest BCUT2D eigenvalue weighted by Gasteiger charge is -2.41. The van der Waals surface area contributed by atoms with Crippen LogP contribution in [0.2, 0.25) is 5.02 Å². The maximum absolute atomic E-state index is 12.4. The highest BCUT2D eigenvalue weighted by Gasteiger charge is 2.40. The van der Waals surface area contributed by atoms with Crippen molar-refractivity contribution in [1.82, 2.24) is 4.90 Å². The Hall–Kier alpha value is -2.08. The number of rotatable bonds is 5. The fourth-order valence-electron chi connectivity index (χ4n) is 3.96. The molecule has 0 heterocycles. The molecule has 6 heteroatoms. The van der Waals surface area contributed by atoms with Gasteiger partial charge < -0.3 is 19.8 Å². The number of nitrogens with zero attached hydrogens (tertiary/aromatic N) is 1. The van der Waals surface area contributed by atoms with E-state index in [-0.39, 0.29) is 17.2 Å². The molecule has 150 valence electrons. The van der Waals surface area contributed by atoms with Crippen LogP contribution in [0.25, 0.3) is 0 Å². The Morgan fingerprint density at radius 1 is 1.25 bits per heavy atom. The molecule has 28 heavy (non-hydrogen) atoms. The molecule has 2 aromatic carbocycles. The van der Waals surface area contributed by atoms with E-state index in [2.05, 4.69) is 4.90 Å². The van der Waals surface area contributed by atoms with E-state index in [4.69, 9.17) is 16.3 Å². The van der Waals surface area contributed by atoms with Crippen LogP contribution >= 0.6 is 11.6 Å². The number of aromatic hydroxyl groups is 1. The van der Waals surface area contributed by atoms with Gasteiger partial charge in [-0.1, -0.05) is 36.6 Å². The molecule has 0 spiro atoms. The van der Waals surface area contributed by atoms with Crippen molar-refractivity contribution < 1.29 is 19.7 Å². The van der Waals surface area contributed by atoms with Gasteiger partial charge in [0.25, 0.3) is 0 Å². The van der Waals surface area contributed by atoms with Gasteiger partial charge in [0.1, 0.15) is 17.1 Å². The summed E-state index contributed by atoms with van der Waals surface area (Å²) < 4.78 is 5.45. The number of carbonyl (C=O) groups is 1. The second-order valence-corrected chi connectivity index (χ2v) is 8.14. The van der Waals surface area contributed by atoms with Crippen LogP contribution in [0.5, 0.6) is 11.5 Å². The molecule has 0 unspecified atom stereocenters. The minimum absolute atomic E-state index is 0.0386. The summed E-state index contributed by atoms with van der Waals surface area (Å²) in [7, 11) is 4.01. The summed E-state index contributed by atoms with van der Waals surface area (Å²) >= 11 is 5.81. The average Bonchev–Trinajstić information content (AvgIpc) is 2.63. The number of halogens is 1. The maximum Gasteiger partial charge on any atom is 0.347 e. The van der Waals surface area contributed by atoms with Crippen molar-refractivity contribution in [3.05, 3.63) is 58.6 Å². The third-order valence-electron chi connectivity index (χ3n) is 5.35. The van der Waals surface area contributed by atoms with Crippen LogP contribution in [-0.4, -0.2) is 41.7 Å². The van der Waals surface area contributed by atoms with Crippen LogP contribution in [0.1, 0.15) is 41.6 Å². The van der Waals surface area contributed by atoms with Gasteiger partial charge in [0.15, 0.2) is 0 Å². The largest absolute Gasteiger partial charge is 0.507 e. The van der Waals surface area contributed by atoms with Gasteiger partial charge in [-0.15, -0.1) is 0 Å². The number of carbonyl (C=O) groups excluding carboxylic acids is 1. The Kier molecular flexibility index (Phi) is 6.28. The molecular formula is C22H26ClNO4. The van der Waals surface area contributed by atoms with Crippen molar-refractivity contribution in [3.63, 3.8) is 0 Å². The van der Waals surface area contributed by atoms with Crippen molar-refractivity contribution >= 4 is 17.6 Å². The predicted octanol–water partition coefficient (Wildman–Crippen LogP) is 4.20. The molecule has 2 atom stereocenters. The van der Waals surface area contributed by atoms with E-state index in [0.29, 0.717) is 17.2 Å². The van der Waals surface area contributed by atoms with Gasteiger partial charge in [0.2, 0.25) is 0 Å². The standard InChI is InChI=1S/C22H26ClNO4/c1-24(2)14-16-6-3-4-11-22(16,27)15-7-5-8-18(12-15)28-21(26)19-10-9-17(23)13-20(19)25/h5,7-10,12-13,16,25,27H,3-4,6,11,14H2,1-2H3/t16-,22+/m1/s1. The summed E-state index contributed by atoms with van der Waals surface area (Å²) in [6, 6.07) is 11.3. The Morgan fingerprint density at radius 2 is 2.04 bits per heavy atom. The topological polar surface area (TPSA) is 70.0 Å². The number of ether oxygens (including phenoxy) is 1. The maximum atomic E-state index is 12.4. The zero-order valence-electron chi connectivity index (χ0n) is 16.2. The third kappa shape index (κ3) is 4.49. The molecule has 5 nitrogen and oxygen atoms in total. The third-order valence-corrected chi connectivity index (χ3v) is 5.58. The Labute approximate surface area is 170 Å². The number of hydrogen-bond acceptors (Lipinski definition) is 5. The van der Waals surface area contributed by atoms with Crippen LogP contribution in [0.15, 0.2) is 42.5 Å². The van der Waals surface area contributed by atoms with E-state index < -0.39 is 11.6 Å². The van der Waals surface area contributed by atoms with Crippen LogP contribution in [0, 0.1) is 5.92 Å². The van der Waals surface area contributed by atoms with E-state index in [1.165, 1.54) is 18.2 Å². The van der Waals surface area contributed by atoms with E-state index in [1.807, 2.05) is 20.2 Å². The molecule has 0 aromatic heterocycles. The summed E-state index contributed by atoms with van der Waals surface area (Å²) in [5.41, 5.74) is -0.158. The van der Waals surface area contributed by atoms with E-state index >= 15 is 0 Å². The van der Waals surface area contributed by atoms with Gasteiger partial charge >= 0.3 is 5.97 Å². The second kappa shape index (κ2) is 8.52.